The molecule has 2 atom stereocenters. The molecule has 0 radical (unpaired) electrons. The molecule has 20 heavy (non-hydrogen) atoms. The van der Waals surface area contributed by atoms with Crippen LogP contribution in [0.15, 0.2) is 0 Å². The second-order valence-electron chi connectivity index (χ2n) is 5.74. The van der Waals surface area contributed by atoms with Crippen LogP contribution in [0.4, 0.5) is 0 Å². The summed E-state index contributed by atoms with van der Waals surface area (Å²) in [5.41, 5.74) is 6.02. The summed E-state index contributed by atoms with van der Waals surface area (Å²) in [5.74, 6) is -0.0925. The van der Waals surface area contributed by atoms with E-state index in [9.17, 15) is 13.2 Å². The van der Waals surface area contributed by atoms with Crippen LogP contribution in [0.2, 0.25) is 0 Å². The summed E-state index contributed by atoms with van der Waals surface area (Å²) in [4.78, 5) is 11.8. The summed E-state index contributed by atoms with van der Waals surface area (Å²) < 4.78 is 24.9. The number of nitrogens with two attached hydrogens (primary N) is 1. The third-order valence-corrected chi connectivity index (χ3v) is 5.60. The molecular formula is C12H24ClN3O3S. The Morgan fingerprint density at radius 3 is 2.30 bits per heavy atom. The van der Waals surface area contributed by atoms with Gasteiger partial charge in [0, 0.05) is 12.1 Å². The lowest BCUT2D eigenvalue weighted by molar-refractivity contribution is -0.120. The molecule has 2 unspecified atom stereocenters. The third kappa shape index (κ3) is 4.31. The number of rotatable bonds is 4. The van der Waals surface area contributed by atoms with Crippen molar-refractivity contribution in [3.8, 4) is 0 Å². The van der Waals surface area contributed by atoms with Crippen LogP contribution in [-0.4, -0.2) is 39.2 Å². The van der Waals surface area contributed by atoms with Gasteiger partial charge in [0.05, 0.1) is 0 Å². The van der Waals surface area contributed by atoms with Crippen LogP contribution in [0.1, 0.15) is 32.1 Å². The molecule has 118 valence electrons. The van der Waals surface area contributed by atoms with Crippen molar-refractivity contribution in [1.82, 2.24) is 10.0 Å². The van der Waals surface area contributed by atoms with Crippen LogP contribution < -0.4 is 15.8 Å². The Kier molecular flexibility index (Phi) is 6.25. The molecule has 2 fully saturated rings. The first-order valence-electron chi connectivity index (χ1n) is 6.87. The fourth-order valence-electron chi connectivity index (χ4n) is 3.50. The van der Waals surface area contributed by atoms with Crippen molar-refractivity contribution in [2.75, 3.05) is 12.8 Å². The molecule has 6 nitrogen and oxygen atoms in total. The van der Waals surface area contributed by atoms with Crippen LogP contribution in [0.25, 0.3) is 0 Å². The van der Waals surface area contributed by atoms with Gasteiger partial charge in [-0.1, -0.05) is 6.42 Å². The normalized spacial score (nSPS) is 33.1. The highest BCUT2D eigenvalue weighted by molar-refractivity contribution is 7.90. The van der Waals surface area contributed by atoms with Crippen molar-refractivity contribution >= 4 is 28.3 Å². The van der Waals surface area contributed by atoms with Gasteiger partial charge in [0.15, 0.2) is 0 Å². The Bertz CT molecular complexity index is 429. The minimum atomic E-state index is -3.49. The van der Waals surface area contributed by atoms with Gasteiger partial charge in [-0.2, -0.15) is 0 Å². The monoisotopic (exact) mass is 325 g/mol. The molecule has 2 saturated carbocycles. The quantitative estimate of drug-likeness (QED) is 0.676. The summed E-state index contributed by atoms with van der Waals surface area (Å²) >= 11 is 0. The largest absolute Gasteiger partial charge is 0.352 e. The Balaban J connectivity index is 0.00000200. The van der Waals surface area contributed by atoms with Gasteiger partial charge in [-0.25, -0.2) is 13.1 Å². The minimum Gasteiger partial charge on any atom is -0.352 e. The molecule has 1 amide bonds. The molecule has 0 heterocycles. The highest BCUT2D eigenvalue weighted by Crippen LogP contribution is 2.39. The van der Waals surface area contributed by atoms with Crippen LogP contribution in [-0.2, 0) is 14.8 Å². The fraction of sp³-hybridized carbons (Fsp3) is 0.917. The van der Waals surface area contributed by atoms with E-state index in [1.54, 1.807) is 0 Å². The van der Waals surface area contributed by atoms with Gasteiger partial charge in [0.2, 0.25) is 15.9 Å². The molecule has 0 spiro atoms. The van der Waals surface area contributed by atoms with E-state index >= 15 is 0 Å². The molecule has 0 aromatic heterocycles. The van der Waals surface area contributed by atoms with Gasteiger partial charge in [-0.15, -0.1) is 12.4 Å². The molecule has 0 aromatic rings. The molecule has 2 rings (SSSR count). The maximum atomic E-state index is 11.8. The zero-order chi connectivity index (χ0) is 14.0. The highest BCUT2D eigenvalue weighted by atomic mass is 35.5. The lowest BCUT2D eigenvalue weighted by Gasteiger charge is -2.45. The summed E-state index contributed by atoms with van der Waals surface area (Å²) in [7, 11) is -2.17. The lowest BCUT2D eigenvalue weighted by atomic mass is 9.67. The molecule has 8 heteroatoms. The third-order valence-electron chi connectivity index (χ3n) is 4.34. The van der Waals surface area contributed by atoms with Gasteiger partial charge in [0.1, 0.15) is 5.75 Å². The number of sulfonamides is 1. The summed E-state index contributed by atoms with van der Waals surface area (Å²) in [5, 5.41) is 2.92. The molecule has 2 aliphatic carbocycles. The van der Waals surface area contributed by atoms with Crippen molar-refractivity contribution in [3.63, 3.8) is 0 Å². The van der Waals surface area contributed by atoms with E-state index in [0.717, 1.165) is 25.7 Å². The van der Waals surface area contributed by atoms with Gasteiger partial charge >= 0.3 is 0 Å². The first-order valence-corrected chi connectivity index (χ1v) is 8.52. The second-order valence-corrected chi connectivity index (χ2v) is 7.67. The SMILES string of the molecule is CNS(=O)(=O)CC(=O)NC1C2CCCC1CC(N)C2.Cl. The van der Waals surface area contributed by atoms with Crippen molar-refractivity contribution in [1.29, 1.82) is 0 Å². The zero-order valence-electron chi connectivity index (χ0n) is 11.7. The summed E-state index contributed by atoms with van der Waals surface area (Å²) in [6.07, 6.45) is 5.20. The van der Waals surface area contributed by atoms with Crippen molar-refractivity contribution in [2.45, 2.75) is 44.2 Å². The van der Waals surface area contributed by atoms with E-state index in [0.29, 0.717) is 11.8 Å². The number of nitrogens with one attached hydrogen (secondary N) is 2. The first kappa shape index (κ1) is 17.7. The number of carbonyl (C=O) groups excluding carboxylic acids is 1. The van der Waals surface area contributed by atoms with E-state index < -0.39 is 21.7 Å². The van der Waals surface area contributed by atoms with Gasteiger partial charge < -0.3 is 11.1 Å². The smallest absolute Gasteiger partial charge is 0.236 e. The first-order chi connectivity index (χ1) is 8.91. The number of fused-ring (bicyclic) bond motifs is 2. The van der Waals surface area contributed by atoms with Crippen LogP contribution in [0, 0.1) is 11.8 Å². The van der Waals surface area contributed by atoms with Crippen molar-refractivity contribution in [3.05, 3.63) is 0 Å². The predicted octanol–water partition coefficient (Wildman–Crippen LogP) is -0.0204. The molecule has 2 bridgehead atoms. The molecular weight excluding hydrogens is 302 g/mol. The topological polar surface area (TPSA) is 101 Å². The highest BCUT2D eigenvalue weighted by Gasteiger charge is 2.40. The van der Waals surface area contributed by atoms with E-state index in [-0.39, 0.29) is 24.5 Å². The van der Waals surface area contributed by atoms with Crippen molar-refractivity contribution < 1.29 is 13.2 Å². The van der Waals surface area contributed by atoms with E-state index in [1.807, 2.05) is 0 Å². The average molecular weight is 326 g/mol. The summed E-state index contributed by atoms with van der Waals surface area (Å²) in [6.45, 7) is 0. The maximum absolute atomic E-state index is 11.8. The van der Waals surface area contributed by atoms with Crippen LogP contribution in [0.5, 0.6) is 0 Å². The maximum Gasteiger partial charge on any atom is 0.236 e. The van der Waals surface area contributed by atoms with Crippen LogP contribution in [0.3, 0.4) is 0 Å². The van der Waals surface area contributed by atoms with Gasteiger partial charge in [-0.3, -0.25) is 4.79 Å². The average Bonchev–Trinajstić information content (AvgIpc) is 2.29. The molecule has 0 saturated heterocycles. The summed E-state index contributed by atoms with van der Waals surface area (Å²) in [6, 6.07) is 0.331. The lowest BCUT2D eigenvalue weighted by Crippen LogP contribution is -2.54. The van der Waals surface area contributed by atoms with Crippen molar-refractivity contribution in [2.24, 2.45) is 17.6 Å². The molecule has 0 aromatic carbocycles. The fourth-order valence-corrected chi connectivity index (χ4v) is 4.07. The van der Waals surface area contributed by atoms with Gasteiger partial charge in [-0.05, 0) is 44.6 Å². The standard InChI is InChI=1S/C12H23N3O3S.ClH/c1-14-19(17,18)7-11(16)15-12-8-3-2-4-9(12)6-10(13)5-8;/h8-10,12,14H,2-7,13H2,1H3,(H,15,16);1H. The number of amides is 1. The molecule has 2 aliphatic rings. The van der Waals surface area contributed by atoms with Gasteiger partial charge in [0.25, 0.3) is 0 Å². The van der Waals surface area contributed by atoms with E-state index in [2.05, 4.69) is 10.0 Å². The van der Waals surface area contributed by atoms with E-state index in [4.69, 9.17) is 5.73 Å². The number of carbonyl (C=O) groups is 1. The molecule has 4 N–H and O–H groups in total. The Morgan fingerprint density at radius 1 is 1.25 bits per heavy atom. The Morgan fingerprint density at radius 2 is 1.80 bits per heavy atom. The Labute approximate surface area is 126 Å². The predicted molar refractivity (Wildman–Crippen MR) is 80.1 cm³/mol. The number of hydrogen-bond donors (Lipinski definition) is 3. The van der Waals surface area contributed by atoms with E-state index in [1.165, 1.54) is 13.5 Å². The number of halogens is 1. The second kappa shape index (κ2) is 7.06. The molecule has 0 aliphatic heterocycles. The minimum absolute atomic E-state index is 0. The zero-order valence-corrected chi connectivity index (χ0v) is 13.3. The van der Waals surface area contributed by atoms with Crippen LogP contribution >= 0.6 is 12.4 Å². The Hall–Kier alpha value is -0.370. The number of hydrogen-bond acceptors (Lipinski definition) is 4.